The summed E-state index contributed by atoms with van der Waals surface area (Å²) in [7, 11) is 0. The van der Waals surface area contributed by atoms with Crippen LogP contribution in [0, 0.1) is 0 Å². The lowest BCUT2D eigenvalue weighted by molar-refractivity contribution is -0.159. The zero-order valence-corrected chi connectivity index (χ0v) is 19.5. The van der Waals surface area contributed by atoms with Crippen molar-refractivity contribution < 1.29 is 39.2 Å². The molecule has 2 atom stereocenters. The fourth-order valence-corrected chi connectivity index (χ4v) is 3.65. The van der Waals surface area contributed by atoms with Gasteiger partial charge in [0, 0.05) is 17.6 Å². The van der Waals surface area contributed by atoms with Crippen molar-refractivity contribution in [2.45, 2.75) is 38.3 Å². The summed E-state index contributed by atoms with van der Waals surface area (Å²) in [5.41, 5.74) is 3.32. The molecule has 10 heteroatoms. The third-order valence-corrected chi connectivity index (χ3v) is 5.32. The Morgan fingerprint density at radius 1 is 1.12 bits per heavy atom. The topological polar surface area (TPSA) is 142 Å². The van der Waals surface area contributed by atoms with Gasteiger partial charge in [-0.15, -0.1) is 0 Å². The summed E-state index contributed by atoms with van der Waals surface area (Å²) >= 11 is 6.00. The van der Waals surface area contributed by atoms with Gasteiger partial charge in [0.1, 0.15) is 5.75 Å². The molecule has 0 radical (unpaired) electrons. The molecule has 0 heterocycles. The largest absolute Gasteiger partial charge is 0.482 e. The number of hydrogen-bond donors (Lipinski definition) is 4. The van der Waals surface area contributed by atoms with Gasteiger partial charge >= 0.3 is 17.9 Å². The predicted molar refractivity (Wildman–Crippen MR) is 124 cm³/mol. The van der Waals surface area contributed by atoms with E-state index in [0.717, 1.165) is 24.8 Å². The van der Waals surface area contributed by atoms with Gasteiger partial charge in [-0.1, -0.05) is 29.8 Å². The number of carboxylic acids is 2. The fourth-order valence-electron chi connectivity index (χ4n) is 3.45. The van der Waals surface area contributed by atoms with Crippen LogP contribution in [0.3, 0.4) is 0 Å². The highest BCUT2D eigenvalue weighted by atomic mass is 35.5. The number of ether oxygens (including phenoxy) is 2. The molecular formula is C24H28ClNO8. The van der Waals surface area contributed by atoms with Gasteiger partial charge in [-0.25, -0.2) is 14.4 Å². The minimum atomic E-state index is -1.82. The van der Waals surface area contributed by atoms with E-state index in [1.807, 2.05) is 24.3 Å². The van der Waals surface area contributed by atoms with Crippen molar-refractivity contribution in [1.29, 1.82) is 0 Å². The summed E-state index contributed by atoms with van der Waals surface area (Å²) in [6, 6.07) is 13.5. The molecule has 3 rings (SSSR count). The number of aliphatic hydroxyl groups excluding tert-OH is 1. The molecule has 4 N–H and O–H groups in total. The number of rotatable bonds is 8. The van der Waals surface area contributed by atoms with Crippen molar-refractivity contribution in [3.8, 4) is 5.75 Å². The standard InChI is InChI=1S/C22H26ClNO4.C2H2O4/c1-2-27-22(26)14-28-20-9-7-15-6-8-19(11-17(15)12-20)24-13-21(25)16-4-3-5-18(23)10-16;3-1(4)2(5)6/h3-5,7,9-10,12,19,21,24-25H,2,6,8,11,13-14H2,1H3;(H,3,4)(H,5,6). The number of aryl methyl sites for hydroxylation is 1. The van der Waals surface area contributed by atoms with Gasteiger partial charge in [0.2, 0.25) is 0 Å². The summed E-state index contributed by atoms with van der Waals surface area (Å²) in [6.45, 7) is 2.51. The summed E-state index contributed by atoms with van der Waals surface area (Å²) in [4.78, 5) is 29.7. The molecule has 1 aliphatic carbocycles. The van der Waals surface area contributed by atoms with Crippen molar-refractivity contribution in [3.63, 3.8) is 0 Å². The van der Waals surface area contributed by atoms with Crippen LogP contribution in [-0.4, -0.2) is 59.0 Å². The Morgan fingerprint density at radius 3 is 2.50 bits per heavy atom. The van der Waals surface area contributed by atoms with E-state index in [9.17, 15) is 9.90 Å². The molecule has 0 saturated heterocycles. The summed E-state index contributed by atoms with van der Waals surface area (Å²) in [6.07, 6.45) is 2.24. The maximum atomic E-state index is 11.5. The molecule has 0 bridgehead atoms. The number of aliphatic hydroxyl groups is 1. The average molecular weight is 494 g/mol. The van der Waals surface area contributed by atoms with Crippen LogP contribution in [0.25, 0.3) is 0 Å². The maximum absolute atomic E-state index is 11.5. The highest BCUT2D eigenvalue weighted by Gasteiger charge is 2.20. The molecule has 0 saturated carbocycles. The van der Waals surface area contributed by atoms with Crippen LogP contribution in [0.2, 0.25) is 5.02 Å². The lowest BCUT2D eigenvalue weighted by Crippen LogP contribution is -2.37. The summed E-state index contributed by atoms with van der Waals surface area (Å²) < 4.78 is 10.4. The Balaban J connectivity index is 0.000000604. The first kappa shape index (κ1) is 27.1. The molecular weight excluding hydrogens is 466 g/mol. The van der Waals surface area contributed by atoms with E-state index < -0.39 is 18.0 Å². The van der Waals surface area contributed by atoms with Gasteiger partial charge in [0.05, 0.1) is 12.7 Å². The number of hydrogen-bond acceptors (Lipinski definition) is 7. The smallest absolute Gasteiger partial charge is 0.414 e. The van der Waals surface area contributed by atoms with Crippen molar-refractivity contribution in [2.24, 2.45) is 0 Å². The van der Waals surface area contributed by atoms with Gasteiger partial charge in [-0.05, 0) is 67.1 Å². The van der Waals surface area contributed by atoms with E-state index in [-0.39, 0.29) is 18.6 Å². The van der Waals surface area contributed by atoms with Gasteiger partial charge in [0.25, 0.3) is 0 Å². The SMILES string of the molecule is CCOC(=O)COc1ccc2c(c1)CC(NCC(O)c1cccc(Cl)c1)CC2.O=C(O)C(=O)O. The maximum Gasteiger partial charge on any atom is 0.414 e. The third kappa shape index (κ3) is 9.01. The summed E-state index contributed by atoms with van der Waals surface area (Å²) in [5, 5.41) is 29.3. The normalized spacial score (nSPS) is 15.2. The number of esters is 1. The first-order valence-electron chi connectivity index (χ1n) is 10.7. The number of aliphatic carboxylic acids is 2. The van der Waals surface area contributed by atoms with Crippen molar-refractivity contribution in [3.05, 3.63) is 64.2 Å². The van der Waals surface area contributed by atoms with Crippen LogP contribution in [0.5, 0.6) is 5.75 Å². The minimum absolute atomic E-state index is 0.0832. The third-order valence-electron chi connectivity index (χ3n) is 5.08. The number of benzene rings is 2. The molecule has 0 amide bonds. The van der Waals surface area contributed by atoms with Crippen molar-refractivity contribution in [1.82, 2.24) is 5.32 Å². The average Bonchev–Trinajstić information content (AvgIpc) is 2.81. The second-order valence-corrected chi connectivity index (χ2v) is 7.99. The Hall–Kier alpha value is -3.14. The van der Waals surface area contributed by atoms with Crippen molar-refractivity contribution >= 4 is 29.5 Å². The molecule has 1 aliphatic rings. The van der Waals surface area contributed by atoms with E-state index >= 15 is 0 Å². The van der Waals surface area contributed by atoms with E-state index in [4.69, 9.17) is 40.9 Å². The summed E-state index contributed by atoms with van der Waals surface area (Å²) in [5.74, 6) is -3.34. The lowest BCUT2D eigenvalue weighted by Gasteiger charge is -2.27. The van der Waals surface area contributed by atoms with Crippen LogP contribution in [0.4, 0.5) is 0 Å². The van der Waals surface area contributed by atoms with E-state index in [2.05, 4.69) is 11.4 Å². The van der Waals surface area contributed by atoms with Crippen LogP contribution < -0.4 is 10.1 Å². The Labute approximate surface area is 202 Å². The zero-order chi connectivity index (χ0) is 25.1. The molecule has 34 heavy (non-hydrogen) atoms. The number of carbonyl (C=O) groups excluding carboxylic acids is 1. The number of fused-ring (bicyclic) bond motifs is 1. The monoisotopic (exact) mass is 493 g/mol. The van der Waals surface area contributed by atoms with Crippen LogP contribution in [0.1, 0.15) is 36.1 Å². The molecule has 9 nitrogen and oxygen atoms in total. The lowest BCUT2D eigenvalue weighted by atomic mass is 9.88. The number of carboxylic acid groups (broad SMARTS) is 2. The molecule has 184 valence electrons. The van der Waals surface area contributed by atoms with E-state index in [0.29, 0.717) is 23.9 Å². The Kier molecular flexibility index (Phi) is 10.8. The van der Waals surface area contributed by atoms with Gasteiger partial charge in [-0.3, -0.25) is 0 Å². The minimum Gasteiger partial charge on any atom is -0.482 e. The Morgan fingerprint density at radius 2 is 1.85 bits per heavy atom. The Bertz CT molecular complexity index is 985. The quantitative estimate of drug-likeness (QED) is 0.322. The second-order valence-electron chi connectivity index (χ2n) is 7.55. The number of halogens is 1. The number of nitrogens with one attached hydrogen (secondary N) is 1. The van der Waals surface area contributed by atoms with E-state index in [1.165, 1.54) is 11.1 Å². The molecule has 0 aromatic heterocycles. The second kappa shape index (κ2) is 13.5. The van der Waals surface area contributed by atoms with Gasteiger partial charge in [0.15, 0.2) is 6.61 Å². The van der Waals surface area contributed by atoms with Crippen LogP contribution >= 0.6 is 11.6 Å². The van der Waals surface area contributed by atoms with Gasteiger partial charge in [-0.2, -0.15) is 0 Å². The zero-order valence-electron chi connectivity index (χ0n) is 18.7. The fraction of sp³-hybridized carbons (Fsp3) is 0.375. The molecule has 2 aromatic rings. The molecule has 0 fully saturated rings. The highest BCUT2D eigenvalue weighted by molar-refractivity contribution is 6.30. The van der Waals surface area contributed by atoms with Crippen molar-refractivity contribution in [2.75, 3.05) is 19.8 Å². The molecule has 0 aliphatic heterocycles. The molecule has 2 unspecified atom stereocenters. The van der Waals surface area contributed by atoms with Crippen LogP contribution in [0.15, 0.2) is 42.5 Å². The highest BCUT2D eigenvalue weighted by Crippen LogP contribution is 2.26. The predicted octanol–water partition coefficient (Wildman–Crippen LogP) is 2.62. The molecule has 2 aromatic carbocycles. The number of carbonyl (C=O) groups is 3. The first-order valence-corrected chi connectivity index (χ1v) is 11.1. The van der Waals surface area contributed by atoms with Crippen LogP contribution in [-0.2, 0) is 32.0 Å². The molecule has 0 spiro atoms. The van der Waals surface area contributed by atoms with E-state index in [1.54, 1.807) is 19.1 Å². The first-order chi connectivity index (χ1) is 16.2. The van der Waals surface area contributed by atoms with Gasteiger partial charge < -0.3 is 30.1 Å².